The van der Waals surface area contributed by atoms with E-state index < -0.39 is 0 Å². The highest BCUT2D eigenvalue weighted by atomic mass is 16.3. The molecule has 1 aliphatic heterocycles. The number of nitrogens with zero attached hydrogens (tertiary/aromatic N) is 3. The van der Waals surface area contributed by atoms with E-state index in [1.54, 1.807) is 4.68 Å². The zero-order valence-electron chi connectivity index (χ0n) is 14.6. The maximum atomic E-state index is 12.2. The van der Waals surface area contributed by atoms with Crippen molar-refractivity contribution in [3.05, 3.63) is 17.5 Å². The van der Waals surface area contributed by atoms with Crippen LogP contribution in [0, 0.1) is 5.92 Å². The lowest BCUT2D eigenvalue weighted by atomic mass is 9.99. The summed E-state index contributed by atoms with van der Waals surface area (Å²) < 4.78 is 1.65. The Morgan fingerprint density at radius 2 is 2.30 bits per heavy atom. The normalized spacial score (nSPS) is 19.3. The van der Waals surface area contributed by atoms with Gasteiger partial charge in [-0.15, -0.1) is 0 Å². The quantitative estimate of drug-likeness (QED) is 0.744. The molecule has 1 atom stereocenters. The number of aromatic nitrogens is 2. The van der Waals surface area contributed by atoms with E-state index in [4.69, 9.17) is 0 Å². The maximum Gasteiger partial charge on any atom is 0.269 e. The molecule has 0 aromatic carbocycles. The molecule has 23 heavy (non-hydrogen) atoms. The molecule has 130 valence electrons. The number of aliphatic hydroxyl groups is 1. The Balaban J connectivity index is 1.72. The SMILES string of the molecule is CC(C)c1cc(C(=O)NCCCN2CCC[C@@H](CO)C2)n(C)n1. The predicted octanol–water partition coefficient (Wildman–Crippen LogP) is 1.37. The summed E-state index contributed by atoms with van der Waals surface area (Å²) in [5.41, 5.74) is 1.56. The molecule has 1 aliphatic rings. The van der Waals surface area contributed by atoms with Crippen LogP contribution in [0.1, 0.15) is 55.2 Å². The van der Waals surface area contributed by atoms with Crippen molar-refractivity contribution in [2.24, 2.45) is 13.0 Å². The van der Waals surface area contributed by atoms with Crippen LogP contribution in [0.2, 0.25) is 0 Å². The Kier molecular flexibility index (Phi) is 6.59. The Morgan fingerprint density at radius 3 is 2.96 bits per heavy atom. The second-order valence-corrected chi connectivity index (χ2v) is 6.83. The van der Waals surface area contributed by atoms with Crippen LogP contribution in [0.4, 0.5) is 0 Å². The maximum absolute atomic E-state index is 12.2. The van der Waals surface area contributed by atoms with Gasteiger partial charge in [-0.2, -0.15) is 5.10 Å². The molecule has 0 bridgehead atoms. The van der Waals surface area contributed by atoms with Crippen LogP contribution in [0.5, 0.6) is 0 Å². The number of nitrogens with one attached hydrogen (secondary N) is 1. The van der Waals surface area contributed by atoms with Crippen LogP contribution < -0.4 is 5.32 Å². The summed E-state index contributed by atoms with van der Waals surface area (Å²) in [6.07, 6.45) is 3.21. The molecule has 0 aliphatic carbocycles. The summed E-state index contributed by atoms with van der Waals surface area (Å²) in [6, 6.07) is 1.87. The van der Waals surface area contributed by atoms with Gasteiger partial charge in [-0.25, -0.2) is 0 Å². The van der Waals surface area contributed by atoms with Crippen molar-refractivity contribution in [1.29, 1.82) is 0 Å². The molecule has 6 heteroatoms. The lowest BCUT2D eigenvalue weighted by Crippen LogP contribution is -2.38. The third kappa shape index (κ3) is 5.04. The summed E-state index contributed by atoms with van der Waals surface area (Å²) in [4.78, 5) is 14.6. The van der Waals surface area contributed by atoms with E-state index in [0.717, 1.165) is 44.6 Å². The summed E-state index contributed by atoms with van der Waals surface area (Å²) >= 11 is 0. The first-order valence-electron chi connectivity index (χ1n) is 8.66. The number of hydrogen-bond donors (Lipinski definition) is 2. The van der Waals surface area contributed by atoms with Crippen LogP contribution in [-0.2, 0) is 7.05 Å². The largest absolute Gasteiger partial charge is 0.396 e. The molecule has 0 spiro atoms. The predicted molar refractivity (Wildman–Crippen MR) is 90.5 cm³/mol. The molecule has 0 saturated carbocycles. The Hall–Kier alpha value is -1.40. The lowest BCUT2D eigenvalue weighted by molar-refractivity contribution is 0.0937. The zero-order valence-corrected chi connectivity index (χ0v) is 14.6. The van der Waals surface area contributed by atoms with Gasteiger partial charge in [0, 0.05) is 26.7 Å². The van der Waals surface area contributed by atoms with Gasteiger partial charge in [-0.3, -0.25) is 9.48 Å². The van der Waals surface area contributed by atoms with E-state index in [1.165, 1.54) is 0 Å². The topological polar surface area (TPSA) is 70.4 Å². The second kappa shape index (κ2) is 8.45. The molecule has 2 N–H and O–H groups in total. The number of carbonyl (C=O) groups excluding carboxylic acids is 1. The number of likely N-dealkylation sites (tertiary alicyclic amines) is 1. The smallest absolute Gasteiger partial charge is 0.269 e. The number of amides is 1. The van der Waals surface area contributed by atoms with E-state index in [9.17, 15) is 9.90 Å². The first kappa shape index (κ1) is 17.9. The van der Waals surface area contributed by atoms with Gasteiger partial charge in [-0.1, -0.05) is 13.8 Å². The third-order valence-electron chi connectivity index (χ3n) is 4.52. The van der Waals surface area contributed by atoms with Gasteiger partial charge in [0.05, 0.1) is 5.69 Å². The van der Waals surface area contributed by atoms with Crippen LogP contribution in [0.25, 0.3) is 0 Å². The standard InChI is InChI=1S/C17H30N4O2/c1-13(2)15-10-16(20(3)19-15)17(23)18-7-5-9-21-8-4-6-14(11-21)12-22/h10,13-14,22H,4-9,11-12H2,1-3H3,(H,18,23)/t14-/m1/s1. The number of carbonyl (C=O) groups is 1. The second-order valence-electron chi connectivity index (χ2n) is 6.83. The highest BCUT2D eigenvalue weighted by molar-refractivity contribution is 5.92. The molecule has 0 unspecified atom stereocenters. The number of rotatable bonds is 7. The molecule has 2 rings (SSSR count). The molecule has 6 nitrogen and oxygen atoms in total. The Labute approximate surface area is 138 Å². The van der Waals surface area contributed by atoms with Gasteiger partial charge in [0.25, 0.3) is 5.91 Å². The molecule has 0 radical (unpaired) electrons. The molecule has 1 amide bonds. The van der Waals surface area contributed by atoms with Crippen LogP contribution in [0.15, 0.2) is 6.07 Å². The molecular formula is C17H30N4O2. The Morgan fingerprint density at radius 1 is 1.52 bits per heavy atom. The van der Waals surface area contributed by atoms with Gasteiger partial charge < -0.3 is 15.3 Å². The van der Waals surface area contributed by atoms with Gasteiger partial charge in [0.2, 0.25) is 0 Å². The Bertz CT molecular complexity index is 513. The molecule has 1 aromatic rings. The summed E-state index contributed by atoms with van der Waals surface area (Å²) in [6.45, 7) is 8.14. The minimum Gasteiger partial charge on any atom is -0.396 e. The van der Waals surface area contributed by atoms with Crippen molar-refractivity contribution < 1.29 is 9.90 Å². The minimum absolute atomic E-state index is 0.0567. The van der Waals surface area contributed by atoms with Crippen LogP contribution in [0.3, 0.4) is 0 Å². The van der Waals surface area contributed by atoms with E-state index >= 15 is 0 Å². The monoisotopic (exact) mass is 322 g/mol. The molecule has 1 fully saturated rings. The number of aryl methyl sites for hydroxylation is 1. The summed E-state index contributed by atoms with van der Waals surface area (Å²) in [5, 5.41) is 16.6. The zero-order chi connectivity index (χ0) is 16.8. The fourth-order valence-corrected chi connectivity index (χ4v) is 3.08. The van der Waals surface area contributed by atoms with Gasteiger partial charge in [0.15, 0.2) is 0 Å². The number of hydrogen-bond acceptors (Lipinski definition) is 4. The molecular weight excluding hydrogens is 292 g/mol. The van der Waals surface area contributed by atoms with Gasteiger partial charge >= 0.3 is 0 Å². The molecule has 1 saturated heterocycles. The van der Waals surface area contributed by atoms with E-state index in [2.05, 4.69) is 29.2 Å². The van der Waals surface area contributed by atoms with Crippen molar-refractivity contribution in [3.63, 3.8) is 0 Å². The summed E-state index contributed by atoms with van der Waals surface area (Å²) in [5.74, 6) is 0.683. The average molecular weight is 322 g/mol. The van der Waals surface area contributed by atoms with Crippen molar-refractivity contribution in [1.82, 2.24) is 20.0 Å². The third-order valence-corrected chi connectivity index (χ3v) is 4.52. The fraction of sp³-hybridized carbons (Fsp3) is 0.765. The fourth-order valence-electron chi connectivity index (χ4n) is 3.08. The van der Waals surface area contributed by atoms with Crippen molar-refractivity contribution in [2.45, 2.75) is 39.0 Å². The number of piperidine rings is 1. The molecule has 1 aromatic heterocycles. The van der Waals surface area contributed by atoms with Crippen LogP contribution in [-0.4, -0.2) is 58.5 Å². The minimum atomic E-state index is -0.0567. The van der Waals surface area contributed by atoms with E-state index in [1.807, 2.05) is 13.1 Å². The van der Waals surface area contributed by atoms with Crippen LogP contribution >= 0.6 is 0 Å². The number of aliphatic hydroxyl groups excluding tert-OH is 1. The van der Waals surface area contributed by atoms with Crippen molar-refractivity contribution in [3.8, 4) is 0 Å². The van der Waals surface area contributed by atoms with Crippen molar-refractivity contribution in [2.75, 3.05) is 32.8 Å². The average Bonchev–Trinajstić information content (AvgIpc) is 2.94. The van der Waals surface area contributed by atoms with Crippen molar-refractivity contribution >= 4 is 5.91 Å². The first-order valence-corrected chi connectivity index (χ1v) is 8.66. The van der Waals surface area contributed by atoms with Gasteiger partial charge in [-0.05, 0) is 50.3 Å². The van der Waals surface area contributed by atoms with Gasteiger partial charge in [0.1, 0.15) is 5.69 Å². The lowest BCUT2D eigenvalue weighted by Gasteiger charge is -2.31. The first-order chi connectivity index (χ1) is 11.0. The highest BCUT2D eigenvalue weighted by Gasteiger charge is 2.19. The van der Waals surface area contributed by atoms with E-state index in [0.29, 0.717) is 24.1 Å². The highest BCUT2D eigenvalue weighted by Crippen LogP contribution is 2.16. The molecule has 2 heterocycles. The summed E-state index contributed by atoms with van der Waals surface area (Å²) in [7, 11) is 1.81. The van der Waals surface area contributed by atoms with E-state index in [-0.39, 0.29) is 12.5 Å².